The largest absolute Gasteiger partial charge is 0.484 e. The monoisotopic (exact) mass is 338 g/mol. The van der Waals surface area contributed by atoms with Crippen LogP contribution in [0.2, 0.25) is 0 Å². The molecule has 1 saturated heterocycles. The summed E-state index contributed by atoms with van der Waals surface area (Å²) in [6.45, 7) is 1.39. The molecule has 1 aromatic carbocycles. The molecule has 126 valence electrons. The van der Waals surface area contributed by atoms with Crippen LogP contribution in [0.15, 0.2) is 30.3 Å². The first-order valence-corrected chi connectivity index (χ1v) is 8.53. The Morgan fingerprint density at radius 2 is 1.91 bits per heavy atom. The van der Waals surface area contributed by atoms with Gasteiger partial charge in [0.15, 0.2) is 6.61 Å². The van der Waals surface area contributed by atoms with Gasteiger partial charge >= 0.3 is 0 Å². The van der Waals surface area contributed by atoms with Gasteiger partial charge in [0.25, 0.3) is 5.91 Å². The molecule has 5 nitrogen and oxygen atoms in total. The van der Waals surface area contributed by atoms with Gasteiger partial charge in [-0.15, -0.1) is 11.6 Å². The van der Waals surface area contributed by atoms with Crippen LogP contribution in [0.5, 0.6) is 5.75 Å². The molecule has 0 aliphatic carbocycles. The molecule has 0 aromatic heterocycles. The molecule has 1 N–H and O–H groups in total. The Kier molecular flexibility index (Phi) is 7.20. The normalized spacial score (nSPS) is 15.3. The van der Waals surface area contributed by atoms with E-state index < -0.39 is 0 Å². The van der Waals surface area contributed by atoms with Crippen LogP contribution in [-0.2, 0) is 9.59 Å². The zero-order chi connectivity index (χ0) is 16.5. The van der Waals surface area contributed by atoms with Crippen LogP contribution in [0.3, 0.4) is 0 Å². The first-order valence-electron chi connectivity index (χ1n) is 8.00. The molecule has 6 heteroatoms. The van der Waals surface area contributed by atoms with Crippen molar-refractivity contribution in [3.8, 4) is 5.75 Å². The van der Waals surface area contributed by atoms with E-state index in [1.807, 2.05) is 35.2 Å². The number of hydrogen-bond donors (Lipinski definition) is 1. The summed E-state index contributed by atoms with van der Waals surface area (Å²) in [6.07, 6.45) is 2.78. The highest BCUT2D eigenvalue weighted by Gasteiger charge is 2.23. The number of piperidine rings is 1. The van der Waals surface area contributed by atoms with Gasteiger partial charge in [-0.2, -0.15) is 0 Å². The number of ether oxygens (including phenoxy) is 1. The van der Waals surface area contributed by atoms with E-state index >= 15 is 0 Å². The number of nitrogens with zero attached hydrogens (tertiary/aromatic N) is 1. The maximum Gasteiger partial charge on any atom is 0.258 e. The number of likely N-dealkylation sites (tertiary alicyclic amines) is 1. The van der Waals surface area contributed by atoms with Crippen LogP contribution in [-0.4, -0.2) is 48.3 Å². The lowest BCUT2D eigenvalue weighted by Gasteiger charge is -2.32. The number of halogens is 1. The molecule has 0 spiro atoms. The second-order valence-corrected chi connectivity index (χ2v) is 5.99. The molecule has 1 fully saturated rings. The van der Waals surface area contributed by atoms with E-state index in [1.54, 1.807) is 0 Å². The maximum absolute atomic E-state index is 11.9. The van der Waals surface area contributed by atoms with Crippen molar-refractivity contribution in [1.82, 2.24) is 10.2 Å². The molecule has 1 aliphatic heterocycles. The minimum absolute atomic E-state index is 0.0128. The van der Waals surface area contributed by atoms with Crippen LogP contribution in [0.4, 0.5) is 0 Å². The van der Waals surface area contributed by atoms with Gasteiger partial charge < -0.3 is 15.0 Å². The number of amides is 2. The average molecular weight is 339 g/mol. The van der Waals surface area contributed by atoms with Gasteiger partial charge in [-0.1, -0.05) is 18.2 Å². The highest BCUT2D eigenvalue weighted by atomic mass is 35.5. The lowest BCUT2D eigenvalue weighted by Crippen LogP contribution is -2.47. The summed E-state index contributed by atoms with van der Waals surface area (Å²) in [7, 11) is 0. The number of alkyl halides is 1. The summed E-state index contributed by atoms with van der Waals surface area (Å²) in [6, 6.07) is 9.37. The lowest BCUT2D eigenvalue weighted by molar-refractivity contribution is -0.132. The van der Waals surface area contributed by atoms with Crippen molar-refractivity contribution >= 4 is 23.4 Å². The number of benzene rings is 1. The van der Waals surface area contributed by atoms with Crippen molar-refractivity contribution in [3.05, 3.63) is 30.3 Å². The summed E-state index contributed by atoms with van der Waals surface area (Å²) in [5, 5.41) is 2.97. The van der Waals surface area contributed by atoms with Gasteiger partial charge in [-0.3, -0.25) is 9.59 Å². The van der Waals surface area contributed by atoms with Crippen LogP contribution >= 0.6 is 11.6 Å². The smallest absolute Gasteiger partial charge is 0.258 e. The second-order valence-electron chi connectivity index (χ2n) is 5.62. The fraction of sp³-hybridized carbons (Fsp3) is 0.529. The van der Waals surface area contributed by atoms with Crippen LogP contribution < -0.4 is 10.1 Å². The van der Waals surface area contributed by atoms with Gasteiger partial charge in [-0.05, 0) is 31.4 Å². The van der Waals surface area contributed by atoms with Crippen molar-refractivity contribution in [2.75, 3.05) is 25.6 Å². The predicted molar refractivity (Wildman–Crippen MR) is 89.6 cm³/mol. The highest BCUT2D eigenvalue weighted by Crippen LogP contribution is 2.13. The van der Waals surface area contributed by atoms with Crippen molar-refractivity contribution in [1.29, 1.82) is 0 Å². The van der Waals surface area contributed by atoms with Crippen LogP contribution in [0, 0.1) is 0 Å². The minimum atomic E-state index is -0.124. The van der Waals surface area contributed by atoms with E-state index in [4.69, 9.17) is 16.3 Å². The number of nitrogens with one attached hydrogen (secondary N) is 1. The summed E-state index contributed by atoms with van der Waals surface area (Å²) in [5.41, 5.74) is 0. The van der Waals surface area contributed by atoms with Gasteiger partial charge in [0.1, 0.15) is 5.75 Å². The van der Waals surface area contributed by atoms with Crippen LogP contribution in [0.1, 0.15) is 25.7 Å². The summed E-state index contributed by atoms with van der Waals surface area (Å²) in [5.74, 6) is 1.23. The third-order valence-corrected chi connectivity index (χ3v) is 4.12. The third-order valence-electron chi connectivity index (χ3n) is 3.85. The molecule has 0 atom stereocenters. The van der Waals surface area contributed by atoms with Gasteiger partial charge in [-0.25, -0.2) is 0 Å². The van der Waals surface area contributed by atoms with Gasteiger partial charge in [0.2, 0.25) is 5.91 Å². The molecule has 1 aromatic rings. The Bertz CT molecular complexity index is 502. The molecule has 2 rings (SSSR count). The van der Waals surface area contributed by atoms with E-state index in [9.17, 15) is 9.59 Å². The van der Waals surface area contributed by atoms with E-state index in [0.29, 0.717) is 37.6 Å². The molecule has 0 bridgehead atoms. The molecule has 0 radical (unpaired) electrons. The zero-order valence-corrected chi connectivity index (χ0v) is 13.9. The standard InChI is InChI=1S/C17H23ClN2O3/c18-10-4-7-17(22)20-11-8-14(9-12-20)19-16(21)13-23-15-5-2-1-3-6-15/h1-3,5-6,14H,4,7-13H2,(H,19,21). The third kappa shape index (κ3) is 6.10. The Labute approximate surface area is 141 Å². The number of hydrogen-bond acceptors (Lipinski definition) is 3. The summed E-state index contributed by atoms with van der Waals surface area (Å²) in [4.78, 5) is 25.7. The van der Waals surface area contributed by atoms with Crippen molar-refractivity contribution in [2.45, 2.75) is 31.7 Å². The minimum Gasteiger partial charge on any atom is -0.484 e. The molecule has 0 saturated carbocycles. The quantitative estimate of drug-likeness (QED) is 0.775. The average Bonchev–Trinajstić information content (AvgIpc) is 2.59. The van der Waals surface area contributed by atoms with Crippen molar-refractivity contribution in [3.63, 3.8) is 0 Å². The van der Waals surface area contributed by atoms with Crippen LogP contribution in [0.25, 0.3) is 0 Å². The van der Waals surface area contributed by atoms with E-state index in [1.165, 1.54) is 0 Å². The predicted octanol–water partition coefficient (Wildman–Crippen LogP) is 2.19. The molecule has 0 unspecified atom stereocenters. The molecular formula is C17H23ClN2O3. The second kappa shape index (κ2) is 9.40. The Morgan fingerprint density at radius 1 is 1.22 bits per heavy atom. The van der Waals surface area contributed by atoms with Gasteiger partial charge in [0.05, 0.1) is 0 Å². The van der Waals surface area contributed by atoms with E-state index in [2.05, 4.69) is 5.32 Å². The number of rotatable bonds is 7. The van der Waals surface area contributed by atoms with E-state index in [0.717, 1.165) is 12.8 Å². The molecular weight excluding hydrogens is 316 g/mol. The number of para-hydroxylation sites is 1. The number of carbonyl (C=O) groups is 2. The first kappa shape index (κ1) is 17.6. The Balaban J connectivity index is 1.65. The van der Waals surface area contributed by atoms with E-state index in [-0.39, 0.29) is 24.5 Å². The summed E-state index contributed by atoms with van der Waals surface area (Å²) >= 11 is 5.61. The fourth-order valence-electron chi connectivity index (χ4n) is 2.58. The van der Waals surface area contributed by atoms with Crippen molar-refractivity contribution < 1.29 is 14.3 Å². The molecule has 2 amide bonds. The number of carbonyl (C=O) groups excluding carboxylic acids is 2. The highest BCUT2D eigenvalue weighted by molar-refractivity contribution is 6.17. The maximum atomic E-state index is 11.9. The topological polar surface area (TPSA) is 58.6 Å². The van der Waals surface area contributed by atoms with Gasteiger partial charge in [0, 0.05) is 31.4 Å². The zero-order valence-electron chi connectivity index (χ0n) is 13.2. The Hall–Kier alpha value is -1.75. The summed E-state index contributed by atoms with van der Waals surface area (Å²) < 4.78 is 5.42. The molecule has 1 heterocycles. The Morgan fingerprint density at radius 3 is 2.57 bits per heavy atom. The lowest BCUT2D eigenvalue weighted by atomic mass is 10.0. The van der Waals surface area contributed by atoms with Crippen molar-refractivity contribution in [2.24, 2.45) is 0 Å². The molecule has 23 heavy (non-hydrogen) atoms. The SMILES string of the molecule is O=C(COc1ccccc1)NC1CCN(C(=O)CCCCl)CC1. The first-order chi connectivity index (χ1) is 11.2. The molecule has 1 aliphatic rings. The fourth-order valence-corrected chi connectivity index (χ4v) is 2.72.